The smallest absolute Gasteiger partial charge is 0.305 e. The van der Waals surface area contributed by atoms with E-state index in [1.807, 2.05) is 13.8 Å². The van der Waals surface area contributed by atoms with Gasteiger partial charge in [0.1, 0.15) is 5.01 Å². The molecule has 0 radical (unpaired) electrons. The van der Waals surface area contributed by atoms with Crippen LogP contribution < -0.4 is 4.90 Å². The summed E-state index contributed by atoms with van der Waals surface area (Å²) in [6, 6.07) is 1.29. The van der Waals surface area contributed by atoms with Gasteiger partial charge in [0.05, 0.1) is 37.0 Å². The van der Waals surface area contributed by atoms with Gasteiger partial charge in [-0.1, -0.05) is 11.3 Å². The van der Waals surface area contributed by atoms with Crippen LogP contribution in [0.3, 0.4) is 0 Å². The van der Waals surface area contributed by atoms with Crippen LogP contribution in [0, 0.1) is 11.6 Å². The van der Waals surface area contributed by atoms with Crippen LogP contribution in [0.25, 0.3) is 10.6 Å². The molecule has 1 fully saturated rings. The van der Waals surface area contributed by atoms with Crippen molar-refractivity contribution in [3.05, 3.63) is 28.3 Å². The van der Waals surface area contributed by atoms with Gasteiger partial charge in [-0.2, -0.15) is 0 Å². The molecule has 2 heterocycles. The Morgan fingerprint density at radius 3 is 2.62 bits per heavy atom. The number of aldehydes is 1. The van der Waals surface area contributed by atoms with Gasteiger partial charge in [-0.25, -0.2) is 8.78 Å². The first-order valence-corrected chi connectivity index (χ1v) is 9.92. The number of methoxy groups -OCH3 is 1. The van der Waals surface area contributed by atoms with E-state index in [0.717, 1.165) is 11.3 Å². The summed E-state index contributed by atoms with van der Waals surface area (Å²) in [4.78, 5) is 24.5. The number of rotatable bonds is 6. The molecule has 0 N–H and O–H groups in total. The fourth-order valence-electron chi connectivity index (χ4n) is 3.34. The molecule has 2 atom stereocenters. The van der Waals surface area contributed by atoms with E-state index in [4.69, 9.17) is 4.74 Å². The molecule has 1 aromatic heterocycles. The Bertz CT molecular complexity index is 911. The number of benzene rings is 1. The van der Waals surface area contributed by atoms with Gasteiger partial charge in [0.2, 0.25) is 0 Å². The molecule has 0 spiro atoms. The third kappa shape index (κ3) is 4.59. The predicted molar refractivity (Wildman–Crippen MR) is 103 cm³/mol. The van der Waals surface area contributed by atoms with Crippen LogP contribution in [0.4, 0.5) is 14.5 Å². The third-order valence-corrected chi connectivity index (χ3v) is 5.56. The quantitative estimate of drug-likeness (QED) is 0.520. The summed E-state index contributed by atoms with van der Waals surface area (Å²) in [6.07, 6.45) is 0.525. The molecule has 29 heavy (non-hydrogen) atoms. The van der Waals surface area contributed by atoms with Crippen molar-refractivity contribution in [2.45, 2.75) is 38.9 Å². The average molecular weight is 425 g/mol. The minimum absolute atomic E-state index is 0.0338. The van der Waals surface area contributed by atoms with Gasteiger partial charge in [0, 0.05) is 25.1 Å². The molecule has 10 heteroatoms. The summed E-state index contributed by atoms with van der Waals surface area (Å²) in [5.41, 5.74) is -0.172. The number of anilines is 1. The van der Waals surface area contributed by atoms with Crippen LogP contribution in [0.5, 0.6) is 0 Å². The molecule has 156 valence electrons. The van der Waals surface area contributed by atoms with Crippen molar-refractivity contribution in [2.24, 2.45) is 0 Å². The predicted octanol–water partition coefficient (Wildman–Crippen LogP) is 3.02. The zero-order valence-corrected chi connectivity index (χ0v) is 17.1. The second kappa shape index (κ2) is 8.91. The topological polar surface area (TPSA) is 81.6 Å². The van der Waals surface area contributed by atoms with Crippen LogP contribution >= 0.6 is 11.3 Å². The molecule has 0 bridgehead atoms. The first-order chi connectivity index (χ1) is 13.8. The normalized spacial score (nSPS) is 19.3. The van der Waals surface area contributed by atoms with Crippen molar-refractivity contribution < 1.29 is 27.8 Å². The van der Waals surface area contributed by atoms with Gasteiger partial charge >= 0.3 is 5.97 Å². The number of carbonyl (C=O) groups is 2. The number of halogens is 2. The van der Waals surface area contributed by atoms with E-state index in [-0.39, 0.29) is 46.9 Å². The van der Waals surface area contributed by atoms with E-state index >= 15 is 4.39 Å². The maximum atomic E-state index is 15.0. The minimum Gasteiger partial charge on any atom is -0.469 e. The zero-order chi connectivity index (χ0) is 21.1. The number of aromatic nitrogens is 2. The van der Waals surface area contributed by atoms with Crippen molar-refractivity contribution in [1.82, 2.24) is 10.2 Å². The molecule has 2 unspecified atom stereocenters. The highest BCUT2D eigenvalue weighted by atomic mass is 32.1. The van der Waals surface area contributed by atoms with Crippen LogP contribution in [0.1, 0.15) is 35.6 Å². The standard InChI is InChI=1S/C19H21F2N3O4S/c1-10-7-24(8-11(2)28-10)18-12(9-25)6-13(16(20)17(18)21)19-23-22-14(29-19)4-5-15(26)27-3/h6,9-11H,4-5,7-8H2,1-3H3. The number of nitrogens with zero attached hydrogens (tertiary/aromatic N) is 3. The summed E-state index contributed by atoms with van der Waals surface area (Å²) in [5, 5.41) is 8.43. The average Bonchev–Trinajstić information content (AvgIpc) is 3.15. The molecule has 7 nitrogen and oxygen atoms in total. The van der Waals surface area contributed by atoms with Gasteiger partial charge in [-0.05, 0) is 19.9 Å². The second-order valence-corrected chi connectivity index (χ2v) is 7.91. The molecule has 3 rings (SSSR count). The first-order valence-electron chi connectivity index (χ1n) is 9.11. The fourth-order valence-corrected chi connectivity index (χ4v) is 4.19. The van der Waals surface area contributed by atoms with E-state index in [1.54, 1.807) is 4.90 Å². The molecule has 0 aliphatic carbocycles. The SMILES string of the molecule is COC(=O)CCc1nnc(-c2cc(C=O)c(N3CC(C)OC(C)C3)c(F)c2F)s1. The lowest BCUT2D eigenvalue weighted by atomic mass is 10.1. The van der Waals surface area contributed by atoms with Crippen molar-refractivity contribution >= 4 is 29.3 Å². The van der Waals surface area contributed by atoms with E-state index < -0.39 is 17.6 Å². The Labute approximate surface area is 170 Å². The summed E-state index contributed by atoms with van der Waals surface area (Å²) < 4.78 is 40.1. The summed E-state index contributed by atoms with van der Waals surface area (Å²) in [5.74, 6) is -2.59. The van der Waals surface area contributed by atoms with E-state index in [9.17, 15) is 14.0 Å². The highest BCUT2D eigenvalue weighted by molar-refractivity contribution is 7.14. The maximum Gasteiger partial charge on any atom is 0.305 e. The van der Waals surface area contributed by atoms with Gasteiger partial charge in [0.25, 0.3) is 0 Å². The minimum atomic E-state index is -1.10. The highest BCUT2D eigenvalue weighted by Crippen LogP contribution is 2.36. The summed E-state index contributed by atoms with van der Waals surface area (Å²) >= 11 is 1.04. The van der Waals surface area contributed by atoms with Gasteiger partial charge < -0.3 is 14.4 Å². The number of esters is 1. The van der Waals surface area contributed by atoms with Crippen molar-refractivity contribution in [3.8, 4) is 10.6 Å². The molecular weight excluding hydrogens is 404 g/mol. The lowest BCUT2D eigenvalue weighted by Gasteiger charge is -2.37. The molecular formula is C19H21F2N3O4S. The Kier molecular flexibility index (Phi) is 6.53. The van der Waals surface area contributed by atoms with E-state index in [2.05, 4.69) is 14.9 Å². The third-order valence-electron chi connectivity index (χ3n) is 4.54. The molecule has 2 aromatic rings. The summed E-state index contributed by atoms with van der Waals surface area (Å²) in [6.45, 7) is 4.36. The lowest BCUT2D eigenvalue weighted by Crippen LogP contribution is -2.46. The molecule has 1 saturated heterocycles. The Hall–Kier alpha value is -2.46. The second-order valence-electron chi connectivity index (χ2n) is 6.85. The van der Waals surface area contributed by atoms with Crippen LogP contribution in [-0.2, 0) is 20.7 Å². The van der Waals surface area contributed by atoms with Crippen LogP contribution in [0.2, 0.25) is 0 Å². The molecule has 0 amide bonds. The van der Waals surface area contributed by atoms with Crippen LogP contribution in [0.15, 0.2) is 6.07 Å². The molecule has 0 saturated carbocycles. The van der Waals surface area contributed by atoms with E-state index in [0.29, 0.717) is 24.4 Å². The monoisotopic (exact) mass is 425 g/mol. The fraction of sp³-hybridized carbons (Fsp3) is 0.474. The van der Waals surface area contributed by atoms with Crippen molar-refractivity contribution in [3.63, 3.8) is 0 Å². The van der Waals surface area contributed by atoms with Gasteiger partial charge in [0.15, 0.2) is 22.9 Å². The lowest BCUT2D eigenvalue weighted by molar-refractivity contribution is -0.140. The highest BCUT2D eigenvalue weighted by Gasteiger charge is 2.29. The zero-order valence-electron chi connectivity index (χ0n) is 16.3. The Balaban J connectivity index is 1.94. The number of aryl methyl sites for hydroxylation is 1. The largest absolute Gasteiger partial charge is 0.469 e. The number of ether oxygens (including phenoxy) is 2. The first kappa shape index (κ1) is 21.3. The Morgan fingerprint density at radius 1 is 1.31 bits per heavy atom. The maximum absolute atomic E-state index is 15.0. The van der Waals surface area contributed by atoms with Crippen LogP contribution in [-0.4, -0.2) is 54.9 Å². The van der Waals surface area contributed by atoms with Crippen molar-refractivity contribution in [1.29, 1.82) is 0 Å². The Morgan fingerprint density at radius 2 is 2.00 bits per heavy atom. The molecule has 1 aliphatic heterocycles. The number of hydrogen-bond acceptors (Lipinski definition) is 8. The van der Waals surface area contributed by atoms with E-state index in [1.165, 1.54) is 13.2 Å². The number of carbonyl (C=O) groups excluding carboxylic acids is 2. The van der Waals surface area contributed by atoms with Gasteiger partial charge in [-0.15, -0.1) is 10.2 Å². The number of morpholine rings is 1. The molecule has 1 aromatic carbocycles. The number of hydrogen-bond donors (Lipinski definition) is 0. The summed E-state index contributed by atoms with van der Waals surface area (Å²) in [7, 11) is 1.28. The van der Waals surface area contributed by atoms with Gasteiger partial charge in [-0.3, -0.25) is 9.59 Å². The molecule has 1 aliphatic rings. The van der Waals surface area contributed by atoms with Crippen molar-refractivity contribution in [2.75, 3.05) is 25.1 Å².